The summed E-state index contributed by atoms with van der Waals surface area (Å²) in [5, 5.41) is 0. The molecule has 0 spiro atoms. The minimum absolute atomic E-state index is 0.0601. The third kappa shape index (κ3) is 4.28. The monoisotopic (exact) mass is 438 g/mol. The summed E-state index contributed by atoms with van der Waals surface area (Å²) in [7, 11) is 4.58. The highest BCUT2D eigenvalue weighted by molar-refractivity contribution is 6.14. The van der Waals surface area contributed by atoms with E-state index < -0.39 is 0 Å². The Kier molecular flexibility index (Phi) is 6.35. The van der Waals surface area contributed by atoms with Crippen LogP contribution in [0, 0.1) is 5.92 Å². The molecule has 0 amide bonds. The molecule has 2 aromatic carbocycles. The van der Waals surface area contributed by atoms with Gasteiger partial charge >= 0.3 is 5.97 Å². The van der Waals surface area contributed by atoms with Crippen LogP contribution in [0.3, 0.4) is 0 Å². The fourth-order valence-corrected chi connectivity index (χ4v) is 4.10. The predicted molar refractivity (Wildman–Crippen MR) is 118 cm³/mol. The molecule has 1 aliphatic carbocycles. The van der Waals surface area contributed by atoms with Crippen molar-refractivity contribution in [2.24, 2.45) is 5.92 Å². The lowest BCUT2D eigenvalue weighted by atomic mass is 9.89. The van der Waals surface area contributed by atoms with E-state index >= 15 is 0 Å². The van der Waals surface area contributed by atoms with Crippen LogP contribution in [-0.2, 0) is 4.79 Å². The van der Waals surface area contributed by atoms with Gasteiger partial charge in [-0.2, -0.15) is 0 Å². The van der Waals surface area contributed by atoms with E-state index in [-0.39, 0.29) is 23.4 Å². The summed E-state index contributed by atoms with van der Waals surface area (Å²) >= 11 is 0. The number of Topliss-reactive ketones (excluding diaryl/α,β-unsaturated/α-hetero) is 1. The van der Waals surface area contributed by atoms with E-state index in [1.807, 2.05) is 0 Å². The Morgan fingerprint density at radius 3 is 2.28 bits per heavy atom. The van der Waals surface area contributed by atoms with Gasteiger partial charge in [-0.15, -0.1) is 0 Å². The van der Waals surface area contributed by atoms with Gasteiger partial charge in [-0.25, -0.2) is 0 Å². The van der Waals surface area contributed by atoms with Crippen molar-refractivity contribution < 1.29 is 33.3 Å². The first-order valence-electron chi connectivity index (χ1n) is 10.6. The molecule has 0 aromatic heterocycles. The maximum atomic E-state index is 12.8. The topological polar surface area (TPSA) is 80.3 Å². The highest BCUT2D eigenvalue weighted by Crippen LogP contribution is 2.40. The highest BCUT2D eigenvalue weighted by atomic mass is 16.5. The van der Waals surface area contributed by atoms with Crippen LogP contribution in [0.15, 0.2) is 36.1 Å². The molecule has 0 radical (unpaired) electrons. The van der Waals surface area contributed by atoms with Gasteiger partial charge in [-0.1, -0.05) is 19.3 Å². The molecule has 0 atom stereocenters. The molecule has 1 fully saturated rings. The maximum Gasteiger partial charge on any atom is 0.314 e. The van der Waals surface area contributed by atoms with Crippen molar-refractivity contribution >= 4 is 17.8 Å². The number of benzene rings is 2. The molecular weight excluding hydrogens is 412 g/mol. The molecule has 1 saturated carbocycles. The van der Waals surface area contributed by atoms with E-state index in [9.17, 15) is 9.59 Å². The van der Waals surface area contributed by atoms with E-state index in [0.29, 0.717) is 39.9 Å². The van der Waals surface area contributed by atoms with Crippen molar-refractivity contribution in [2.75, 3.05) is 21.3 Å². The van der Waals surface area contributed by atoms with Gasteiger partial charge in [0.1, 0.15) is 11.5 Å². The fourth-order valence-electron chi connectivity index (χ4n) is 4.10. The van der Waals surface area contributed by atoms with Crippen molar-refractivity contribution in [1.82, 2.24) is 0 Å². The predicted octanol–water partition coefficient (Wildman–Crippen LogP) is 4.81. The Bertz CT molecular complexity index is 1040. The Hall–Kier alpha value is -3.48. The molecule has 168 valence electrons. The summed E-state index contributed by atoms with van der Waals surface area (Å²) in [6.07, 6.45) is 6.61. The zero-order valence-electron chi connectivity index (χ0n) is 18.4. The zero-order valence-corrected chi connectivity index (χ0v) is 18.4. The number of hydrogen-bond acceptors (Lipinski definition) is 7. The zero-order chi connectivity index (χ0) is 22.7. The van der Waals surface area contributed by atoms with Crippen LogP contribution in [0.4, 0.5) is 0 Å². The number of esters is 1. The Morgan fingerprint density at radius 2 is 1.66 bits per heavy atom. The second kappa shape index (κ2) is 9.34. The summed E-state index contributed by atoms with van der Waals surface area (Å²) in [6.45, 7) is 0. The lowest BCUT2D eigenvalue weighted by Gasteiger charge is -2.19. The van der Waals surface area contributed by atoms with Crippen LogP contribution in [0.2, 0.25) is 0 Å². The lowest BCUT2D eigenvalue weighted by Crippen LogP contribution is -2.22. The summed E-state index contributed by atoms with van der Waals surface area (Å²) < 4.78 is 27.4. The molecule has 1 heterocycles. The maximum absolute atomic E-state index is 12.8. The summed E-state index contributed by atoms with van der Waals surface area (Å²) in [5.41, 5.74) is 1.07. The van der Waals surface area contributed by atoms with E-state index in [1.54, 1.807) is 36.4 Å². The standard InChI is InChI=1S/C25H26O7/c1-28-21-12-15(13-22(29-2)24(21)30-3)11-20-23(26)18-10-9-17(14-19(18)32-20)31-25(27)16-7-5-4-6-8-16/h9-14,16H,4-8H2,1-3H3/b20-11-. The Balaban J connectivity index is 1.55. The molecule has 7 nitrogen and oxygen atoms in total. The van der Waals surface area contributed by atoms with Crippen molar-refractivity contribution in [1.29, 1.82) is 0 Å². The van der Waals surface area contributed by atoms with Crippen molar-refractivity contribution in [3.05, 3.63) is 47.2 Å². The number of allylic oxidation sites excluding steroid dienone is 1. The first kappa shape index (κ1) is 21.7. The molecule has 0 saturated heterocycles. The summed E-state index contributed by atoms with van der Waals surface area (Å²) in [6, 6.07) is 8.29. The number of fused-ring (bicyclic) bond motifs is 1. The molecule has 4 rings (SSSR count). The fraction of sp³-hybridized carbons (Fsp3) is 0.360. The molecule has 0 N–H and O–H groups in total. The second-order valence-electron chi connectivity index (χ2n) is 7.81. The highest BCUT2D eigenvalue weighted by Gasteiger charge is 2.29. The third-order valence-electron chi connectivity index (χ3n) is 5.78. The van der Waals surface area contributed by atoms with Gasteiger partial charge in [-0.3, -0.25) is 9.59 Å². The largest absolute Gasteiger partial charge is 0.493 e. The third-order valence-corrected chi connectivity index (χ3v) is 5.78. The quantitative estimate of drug-likeness (QED) is 0.364. The number of ether oxygens (including phenoxy) is 5. The Labute approximate surface area is 186 Å². The first-order chi connectivity index (χ1) is 15.5. The van der Waals surface area contributed by atoms with Gasteiger partial charge < -0.3 is 23.7 Å². The van der Waals surface area contributed by atoms with Crippen LogP contribution in [0.1, 0.15) is 48.0 Å². The number of methoxy groups -OCH3 is 3. The second-order valence-corrected chi connectivity index (χ2v) is 7.81. The first-order valence-corrected chi connectivity index (χ1v) is 10.6. The Morgan fingerprint density at radius 1 is 0.969 bits per heavy atom. The van der Waals surface area contributed by atoms with Crippen molar-refractivity contribution in [2.45, 2.75) is 32.1 Å². The molecule has 2 aromatic rings. The lowest BCUT2D eigenvalue weighted by molar-refractivity contribution is -0.139. The number of carbonyl (C=O) groups is 2. The summed E-state index contributed by atoms with van der Waals surface area (Å²) in [4.78, 5) is 25.3. The molecule has 32 heavy (non-hydrogen) atoms. The van der Waals surface area contributed by atoms with Gasteiger partial charge in [0.2, 0.25) is 11.5 Å². The van der Waals surface area contributed by atoms with Gasteiger partial charge in [0.05, 0.1) is 32.8 Å². The smallest absolute Gasteiger partial charge is 0.314 e. The molecule has 1 aliphatic heterocycles. The van der Waals surface area contributed by atoms with Gasteiger partial charge in [0.25, 0.3) is 0 Å². The van der Waals surface area contributed by atoms with E-state index in [4.69, 9.17) is 23.7 Å². The molecule has 0 unspecified atom stereocenters. The average Bonchev–Trinajstić information content (AvgIpc) is 3.13. The van der Waals surface area contributed by atoms with Crippen LogP contribution >= 0.6 is 0 Å². The van der Waals surface area contributed by atoms with Crippen molar-refractivity contribution in [3.63, 3.8) is 0 Å². The number of hydrogen-bond donors (Lipinski definition) is 0. The van der Waals surface area contributed by atoms with E-state index in [0.717, 1.165) is 25.7 Å². The van der Waals surface area contributed by atoms with Crippen LogP contribution < -0.4 is 23.7 Å². The van der Waals surface area contributed by atoms with E-state index in [2.05, 4.69) is 0 Å². The van der Waals surface area contributed by atoms with Gasteiger partial charge in [-0.05, 0) is 48.7 Å². The van der Waals surface area contributed by atoms with Crippen LogP contribution in [0.25, 0.3) is 6.08 Å². The summed E-state index contributed by atoms with van der Waals surface area (Å²) in [5.74, 6) is 1.77. The molecule has 0 bridgehead atoms. The van der Waals surface area contributed by atoms with Crippen molar-refractivity contribution in [3.8, 4) is 28.7 Å². The minimum atomic E-state index is -0.251. The molecule has 7 heteroatoms. The minimum Gasteiger partial charge on any atom is -0.493 e. The normalized spacial score (nSPS) is 17.0. The SMILES string of the molecule is COc1cc(/C=C2\Oc3cc(OC(=O)C4CCCCC4)ccc3C2=O)cc(OC)c1OC. The number of ketones is 1. The molecule has 2 aliphatic rings. The van der Waals surface area contributed by atoms with Crippen LogP contribution in [-0.4, -0.2) is 33.1 Å². The van der Waals surface area contributed by atoms with Gasteiger partial charge in [0, 0.05) is 6.07 Å². The number of rotatable bonds is 6. The number of carbonyl (C=O) groups excluding carboxylic acids is 2. The average molecular weight is 438 g/mol. The van der Waals surface area contributed by atoms with Crippen LogP contribution in [0.5, 0.6) is 28.7 Å². The molecular formula is C25H26O7. The van der Waals surface area contributed by atoms with E-state index in [1.165, 1.54) is 27.8 Å². The van der Waals surface area contributed by atoms with Gasteiger partial charge in [0.15, 0.2) is 17.3 Å².